The smallest absolute Gasteiger partial charge is 0.315 e. The molecular formula is C16H23FN2O3. The molecule has 3 atom stereocenters. The van der Waals surface area contributed by atoms with Crippen LogP contribution in [0.5, 0.6) is 5.75 Å². The number of carbonyl (C=O) groups excluding carboxylic acids is 1. The summed E-state index contributed by atoms with van der Waals surface area (Å²) < 4.78 is 23.9. The quantitative estimate of drug-likeness (QED) is 0.879. The van der Waals surface area contributed by atoms with Crippen molar-refractivity contribution in [3.8, 4) is 5.75 Å². The number of benzene rings is 1. The van der Waals surface area contributed by atoms with Crippen LogP contribution in [0, 0.1) is 5.82 Å². The highest BCUT2D eigenvalue weighted by molar-refractivity contribution is 5.74. The van der Waals surface area contributed by atoms with E-state index < -0.39 is 5.82 Å². The van der Waals surface area contributed by atoms with Crippen molar-refractivity contribution in [1.82, 2.24) is 10.6 Å². The zero-order chi connectivity index (χ0) is 16.1. The lowest BCUT2D eigenvalue weighted by molar-refractivity contribution is 0.0859. The number of hydrogen-bond acceptors (Lipinski definition) is 3. The summed E-state index contributed by atoms with van der Waals surface area (Å²) in [5.41, 5.74) is 0.776. The third kappa shape index (κ3) is 4.10. The molecule has 0 aromatic heterocycles. The first kappa shape index (κ1) is 16.5. The molecule has 0 saturated carbocycles. The lowest BCUT2D eigenvalue weighted by Crippen LogP contribution is -2.46. The second kappa shape index (κ2) is 7.45. The van der Waals surface area contributed by atoms with Crippen LogP contribution < -0.4 is 15.4 Å². The molecule has 22 heavy (non-hydrogen) atoms. The third-order valence-corrected chi connectivity index (χ3v) is 3.90. The van der Waals surface area contributed by atoms with Gasteiger partial charge in [-0.25, -0.2) is 9.18 Å². The van der Waals surface area contributed by atoms with Gasteiger partial charge in [-0.15, -0.1) is 0 Å². The van der Waals surface area contributed by atoms with Crippen LogP contribution in [-0.4, -0.2) is 31.9 Å². The highest BCUT2D eigenvalue weighted by Crippen LogP contribution is 2.22. The number of halogens is 1. The van der Waals surface area contributed by atoms with E-state index in [1.54, 1.807) is 12.1 Å². The minimum atomic E-state index is -0.421. The molecule has 2 amide bonds. The molecule has 0 radical (unpaired) electrons. The Balaban J connectivity index is 1.90. The molecule has 122 valence electrons. The van der Waals surface area contributed by atoms with Gasteiger partial charge in [-0.3, -0.25) is 0 Å². The monoisotopic (exact) mass is 310 g/mol. The zero-order valence-electron chi connectivity index (χ0n) is 13.2. The molecule has 1 aliphatic heterocycles. The van der Waals surface area contributed by atoms with Crippen molar-refractivity contribution in [2.75, 3.05) is 13.7 Å². The predicted octanol–water partition coefficient (Wildman–Crippen LogP) is 2.76. The largest absolute Gasteiger partial charge is 0.494 e. The molecule has 1 aromatic carbocycles. The number of ether oxygens (including phenoxy) is 2. The average molecular weight is 310 g/mol. The van der Waals surface area contributed by atoms with Gasteiger partial charge in [-0.2, -0.15) is 0 Å². The number of nitrogens with one attached hydrogen (secondary N) is 2. The Kier molecular flexibility index (Phi) is 5.60. The van der Waals surface area contributed by atoms with E-state index in [9.17, 15) is 9.18 Å². The van der Waals surface area contributed by atoms with Crippen LogP contribution >= 0.6 is 0 Å². The maximum absolute atomic E-state index is 13.4. The highest BCUT2D eigenvalue weighted by atomic mass is 19.1. The maximum Gasteiger partial charge on any atom is 0.315 e. The maximum atomic E-state index is 13.4. The van der Waals surface area contributed by atoms with Gasteiger partial charge < -0.3 is 20.1 Å². The van der Waals surface area contributed by atoms with Crippen LogP contribution in [0.15, 0.2) is 18.2 Å². The molecule has 6 heteroatoms. The zero-order valence-corrected chi connectivity index (χ0v) is 13.2. The molecule has 2 rings (SSSR count). The first-order valence-corrected chi connectivity index (χ1v) is 7.53. The van der Waals surface area contributed by atoms with Crippen LogP contribution in [0.1, 0.15) is 38.3 Å². The fourth-order valence-corrected chi connectivity index (χ4v) is 2.56. The number of carbonyl (C=O) groups is 1. The molecule has 0 bridgehead atoms. The summed E-state index contributed by atoms with van der Waals surface area (Å²) in [5, 5.41) is 5.72. The van der Waals surface area contributed by atoms with E-state index in [1.807, 2.05) is 13.8 Å². The van der Waals surface area contributed by atoms with Gasteiger partial charge in [0.2, 0.25) is 0 Å². The fraction of sp³-hybridized carbons (Fsp3) is 0.562. The van der Waals surface area contributed by atoms with Crippen molar-refractivity contribution in [3.05, 3.63) is 29.6 Å². The van der Waals surface area contributed by atoms with E-state index in [4.69, 9.17) is 9.47 Å². The summed E-state index contributed by atoms with van der Waals surface area (Å²) in [6.07, 6.45) is 2.07. The number of rotatable bonds is 5. The molecule has 1 heterocycles. The Morgan fingerprint density at radius 1 is 1.41 bits per heavy atom. The van der Waals surface area contributed by atoms with Crippen molar-refractivity contribution in [2.24, 2.45) is 0 Å². The van der Waals surface area contributed by atoms with E-state index in [0.717, 1.165) is 25.0 Å². The van der Waals surface area contributed by atoms with Crippen LogP contribution in [0.25, 0.3) is 0 Å². The van der Waals surface area contributed by atoms with Crippen LogP contribution in [0.4, 0.5) is 9.18 Å². The number of methoxy groups -OCH3 is 1. The Hall–Kier alpha value is -1.82. The SMILES string of the molecule is COc1cc([C@H](C)NC(=O)N[C@@H](C)[C@H]2CCCO2)ccc1F. The summed E-state index contributed by atoms with van der Waals surface area (Å²) >= 11 is 0. The topological polar surface area (TPSA) is 59.6 Å². The summed E-state index contributed by atoms with van der Waals surface area (Å²) in [6.45, 7) is 4.52. The summed E-state index contributed by atoms with van der Waals surface area (Å²) in [7, 11) is 1.41. The molecular weight excluding hydrogens is 287 g/mol. The number of hydrogen-bond donors (Lipinski definition) is 2. The van der Waals surface area contributed by atoms with Crippen molar-refractivity contribution < 1.29 is 18.7 Å². The van der Waals surface area contributed by atoms with Crippen molar-refractivity contribution in [3.63, 3.8) is 0 Å². The number of urea groups is 1. The lowest BCUT2D eigenvalue weighted by Gasteiger charge is -2.22. The van der Waals surface area contributed by atoms with Crippen molar-refractivity contribution in [1.29, 1.82) is 0 Å². The summed E-state index contributed by atoms with van der Waals surface area (Å²) in [6, 6.07) is 3.98. The summed E-state index contributed by atoms with van der Waals surface area (Å²) in [4.78, 5) is 12.0. The Labute approximate surface area is 130 Å². The molecule has 0 unspecified atom stereocenters. The van der Waals surface area contributed by atoms with E-state index in [2.05, 4.69) is 10.6 Å². The molecule has 1 saturated heterocycles. The lowest BCUT2D eigenvalue weighted by atomic mass is 10.1. The third-order valence-electron chi connectivity index (χ3n) is 3.90. The Morgan fingerprint density at radius 2 is 2.18 bits per heavy atom. The Bertz CT molecular complexity index is 518. The molecule has 1 aliphatic rings. The minimum absolute atomic E-state index is 0.0440. The molecule has 1 aromatic rings. The van der Waals surface area contributed by atoms with E-state index in [1.165, 1.54) is 13.2 Å². The van der Waals surface area contributed by atoms with Gasteiger partial charge in [0.05, 0.1) is 25.3 Å². The van der Waals surface area contributed by atoms with Crippen molar-refractivity contribution >= 4 is 6.03 Å². The highest BCUT2D eigenvalue weighted by Gasteiger charge is 2.24. The summed E-state index contributed by atoms with van der Waals surface area (Å²) in [5.74, 6) is -0.255. The van der Waals surface area contributed by atoms with E-state index in [0.29, 0.717) is 0 Å². The average Bonchev–Trinajstić information content (AvgIpc) is 3.01. The first-order chi connectivity index (χ1) is 10.5. The predicted molar refractivity (Wildman–Crippen MR) is 81.5 cm³/mol. The van der Waals surface area contributed by atoms with Gasteiger partial charge >= 0.3 is 6.03 Å². The normalized spacial score (nSPS) is 20.3. The van der Waals surface area contributed by atoms with Gasteiger partial charge in [0.15, 0.2) is 11.6 Å². The van der Waals surface area contributed by atoms with E-state index >= 15 is 0 Å². The molecule has 1 fully saturated rings. The molecule has 5 nitrogen and oxygen atoms in total. The van der Waals surface area contributed by atoms with Gasteiger partial charge in [0, 0.05) is 6.61 Å². The molecule has 0 spiro atoms. The van der Waals surface area contributed by atoms with Crippen molar-refractivity contribution in [2.45, 2.75) is 44.9 Å². The van der Waals surface area contributed by atoms with Gasteiger partial charge in [-0.05, 0) is 44.4 Å². The minimum Gasteiger partial charge on any atom is -0.494 e. The van der Waals surface area contributed by atoms with Crippen LogP contribution in [-0.2, 0) is 4.74 Å². The molecule has 0 aliphatic carbocycles. The first-order valence-electron chi connectivity index (χ1n) is 7.53. The fourth-order valence-electron chi connectivity index (χ4n) is 2.56. The number of amides is 2. The second-order valence-electron chi connectivity index (χ2n) is 5.57. The van der Waals surface area contributed by atoms with E-state index in [-0.39, 0.29) is 30.0 Å². The van der Waals surface area contributed by atoms with Gasteiger partial charge in [-0.1, -0.05) is 6.07 Å². The van der Waals surface area contributed by atoms with Gasteiger partial charge in [0.1, 0.15) is 0 Å². The second-order valence-corrected chi connectivity index (χ2v) is 5.57. The van der Waals surface area contributed by atoms with Crippen LogP contribution in [0.2, 0.25) is 0 Å². The van der Waals surface area contributed by atoms with Gasteiger partial charge in [0.25, 0.3) is 0 Å². The Morgan fingerprint density at radius 3 is 2.82 bits per heavy atom. The standard InChI is InChI=1S/C16H23FN2O3/c1-10(12-6-7-13(17)15(9-12)21-3)18-16(20)19-11(2)14-5-4-8-22-14/h6-7,9-11,14H,4-5,8H2,1-3H3,(H2,18,19,20)/t10-,11-,14+/m0/s1. The van der Waals surface area contributed by atoms with Crippen LogP contribution in [0.3, 0.4) is 0 Å². The molecule has 2 N–H and O–H groups in total.